The Balaban J connectivity index is 1.77. The van der Waals surface area contributed by atoms with Gasteiger partial charge in [-0.1, -0.05) is 23.3 Å². The molecule has 0 spiro atoms. The topological polar surface area (TPSA) is 41.1 Å². The first-order valence-electron chi connectivity index (χ1n) is 5.67. The van der Waals surface area contributed by atoms with Crippen molar-refractivity contribution in [1.29, 1.82) is 0 Å². The minimum atomic E-state index is -0.0699. The highest BCUT2D eigenvalue weighted by molar-refractivity contribution is 7.12. The molecule has 1 aliphatic heterocycles. The van der Waals surface area contributed by atoms with Gasteiger partial charge in [-0.15, -0.1) is 11.3 Å². The van der Waals surface area contributed by atoms with Crippen LogP contribution >= 0.6 is 22.9 Å². The van der Waals surface area contributed by atoms with Crippen LogP contribution in [0.4, 0.5) is 0 Å². The second kappa shape index (κ2) is 6.19. The number of hydrogen-bond donors (Lipinski definition) is 2. The zero-order chi connectivity index (χ0) is 12.1. The molecular formula is C12H15ClN2OS. The van der Waals surface area contributed by atoms with Crippen LogP contribution in [0.15, 0.2) is 23.1 Å². The second-order valence-corrected chi connectivity index (χ2v) is 5.24. The average molecular weight is 271 g/mol. The number of halogens is 1. The van der Waals surface area contributed by atoms with Crippen LogP contribution in [0.2, 0.25) is 5.02 Å². The number of carbonyl (C=O) groups is 1. The predicted octanol–water partition coefficient (Wildman–Crippen LogP) is 2.44. The third-order valence-electron chi connectivity index (χ3n) is 2.71. The summed E-state index contributed by atoms with van der Waals surface area (Å²) in [6, 6.07) is 1.75. The lowest BCUT2D eigenvalue weighted by Crippen LogP contribution is -2.26. The van der Waals surface area contributed by atoms with Crippen LogP contribution in [0.1, 0.15) is 22.5 Å². The number of hydrogen-bond acceptors (Lipinski definition) is 3. The van der Waals surface area contributed by atoms with Gasteiger partial charge >= 0.3 is 0 Å². The van der Waals surface area contributed by atoms with Gasteiger partial charge in [0.05, 0.1) is 5.02 Å². The van der Waals surface area contributed by atoms with Gasteiger partial charge in [0.2, 0.25) is 0 Å². The molecule has 5 heteroatoms. The lowest BCUT2D eigenvalue weighted by Gasteiger charge is -2.14. The van der Waals surface area contributed by atoms with Crippen molar-refractivity contribution in [3.8, 4) is 0 Å². The van der Waals surface area contributed by atoms with Crippen LogP contribution in [0.5, 0.6) is 0 Å². The first kappa shape index (κ1) is 12.6. The van der Waals surface area contributed by atoms with Gasteiger partial charge in [-0.25, -0.2) is 0 Å². The van der Waals surface area contributed by atoms with E-state index in [0.717, 1.165) is 25.9 Å². The fourth-order valence-corrected chi connectivity index (χ4v) is 2.83. The summed E-state index contributed by atoms with van der Waals surface area (Å²) >= 11 is 7.27. The highest BCUT2D eigenvalue weighted by atomic mass is 35.5. The minimum Gasteiger partial charge on any atom is -0.351 e. The minimum absolute atomic E-state index is 0.0699. The Morgan fingerprint density at radius 2 is 2.47 bits per heavy atom. The second-order valence-electron chi connectivity index (χ2n) is 3.92. The SMILES string of the molecule is O=C(NCCC1=CCNCC1)c1sccc1Cl. The van der Waals surface area contributed by atoms with E-state index in [1.165, 1.54) is 16.9 Å². The number of rotatable bonds is 4. The molecule has 0 atom stereocenters. The van der Waals surface area contributed by atoms with Gasteiger partial charge < -0.3 is 10.6 Å². The maximum absolute atomic E-state index is 11.8. The normalized spacial score (nSPS) is 15.5. The van der Waals surface area contributed by atoms with Gasteiger partial charge in [0.15, 0.2) is 0 Å². The molecule has 0 aromatic carbocycles. The zero-order valence-electron chi connectivity index (χ0n) is 9.46. The van der Waals surface area contributed by atoms with Gasteiger partial charge in [0.1, 0.15) is 4.88 Å². The molecule has 2 rings (SSSR count). The summed E-state index contributed by atoms with van der Waals surface area (Å²) in [6.45, 7) is 2.66. The van der Waals surface area contributed by atoms with Crippen molar-refractivity contribution in [2.45, 2.75) is 12.8 Å². The maximum atomic E-state index is 11.8. The van der Waals surface area contributed by atoms with Crippen LogP contribution in [0.3, 0.4) is 0 Å². The number of nitrogens with one attached hydrogen (secondary N) is 2. The molecule has 0 fully saturated rings. The molecule has 0 unspecified atom stereocenters. The average Bonchev–Trinajstić information content (AvgIpc) is 2.77. The van der Waals surface area contributed by atoms with Crippen LogP contribution in [0.25, 0.3) is 0 Å². The first-order valence-corrected chi connectivity index (χ1v) is 6.93. The number of thiophene rings is 1. The predicted molar refractivity (Wildman–Crippen MR) is 71.8 cm³/mol. The van der Waals surface area contributed by atoms with Crippen LogP contribution < -0.4 is 10.6 Å². The van der Waals surface area contributed by atoms with E-state index in [1.54, 1.807) is 6.07 Å². The van der Waals surface area contributed by atoms with Gasteiger partial charge in [-0.05, 0) is 30.8 Å². The van der Waals surface area contributed by atoms with E-state index in [0.29, 0.717) is 16.4 Å². The van der Waals surface area contributed by atoms with Gasteiger partial charge in [-0.3, -0.25) is 4.79 Å². The summed E-state index contributed by atoms with van der Waals surface area (Å²) in [5.41, 5.74) is 1.42. The molecule has 92 valence electrons. The Morgan fingerprint density at radius 1 is 1.59 bits per heavy atom. The standard InChI is InChI=1S/C12H15ClN2OS/c13-10-4-8-17-11(10)12(16)15-7-3-9-1-5-14-6-2-9/h1,4,8,14H,2-3,5-7H2,(H,15,16). The van der Waals surface area contributed by atoms with Crippen LogP contribution in [0, 0.1) is 0 Å². The summed E-state index contributed by atoms with van der Waals surface area (Å²) in [5, 5.41) is 8.52. The van der Waals surface area contributed by atoms with E-state index in [-0.39, 0.29) is 5.91 Å². The molecular weight excluding hydrogens is 256 g/mol. The van der Waals surface area contributed by atoms with Crippen molar-refractivity contribution in [2.75, 3.05) is 19.6 Å². The number of amides is 1. The Hall–Kier alpha value is -0.840. The first-order chi connectivity index (χ1) is 8.27. The summed E-state index contributed by atoms with van der Waals surface area (Å²) < 4.78 is 0. The molecule has 1 amide bonds. The van der Waals surface area contributed by atoms with Crippen LogP contribution in [-0.4, -0.2) is 25.5 Å². The molecule has 0 saturated heterocycles. The third-order valence-corrected chi connectivity index (χ3v) is 4.05. The van der Waals surface area contributed by atoms with Crippen molar-refractivity contribution >= 4 is 28.8 Å². The Labute approximate surface area is 110 Å². The van der Waals surface area contributed by atoms with E-state index in [4.69, 9.17) is 11.6 Å². The maximum Gasteiger partial charge on any atom is 0.262 e. The van der Waals surface area contributed by atoms with E-state index in [1.807, 2.05) is 5.38 Å². The highest BCUT2D eigenvalue weighted by Crippen LogP contribution is 2.21. The van der Waals surface area contributed by atoms with E-state index in [9.17, 15) is 4.79 Å². The molecule has 0 radical (unpaired) electrons. The lowest BCUT2D eigenvalue weighted by atomic mass is 10.1. The monoisotopic (exact) mass is 270 g/mol. The smallest absolute Gasteiger partial charge is 0.262 e. The van der Waals surface area contributed by atoms with E-state index >= 15 is 0 Å². The molecule has 1 aromatic rings. The summed E-state index contributed by atoms with van der Waals surface area (Å²) in [6.07, 6.45) is 4.21. The Morgan fingerprint density at radius 3 is 3.12 bits per heavy atom. The quantitative estimate of drug-likeness (QED) is 0.825. The zero-order valence-corrected chi connectivity index (χ0v) is 11.0. The summed E-state index contributed by atoms with van der Waals surface area (Å²) in [7, 11) is 0. The third kappa shape index (κ3) is 3.56. The lowest BCUT2D eigenvalue weighted by molar-refractivity contribution is 0.0958. The summed E-state index contributed by atoms with van der Waals surface area (Å²) in [5.74, 6) is -0.0699. The molecule has 2 N–H and O–H groups in total. The van der Waals surface area contributed by atoms with Crippen molar-refractivity contribution in [1.82, 2.24) is 10.6 Å². The molecule has 1 aromatic heterocycles. The van der Waals surface area contributed by atoms with E-state index in [2.05, 4.69) is 16.7 Å². The highest BCUT2D eigenvalue weighted by Gasteiger charge is 2.11. The molecule has 0 aliphatic carbocycles. The summed E-state index contributed by atoms with van der Waals surface area (Å²) in [4.78, 5) is 12.4. The Bertz CT molecular complexity index is 428. The molecule has 1 aliphatic rings. The van der Waals surface area contributed by atoms with Gasteiger partial charge in [-0.2, -0.15) is 0 Å². The molecule has 0 saturated carbocycles. The van der Waals surface area contributed by atoms with Crippen LogP contribution in [-0.2, 0) is 0 Å². The van der Waals surface area contributed by atoms with E-state index < -0.39 is 0 Å². The molecule has 3 nitrogen and oxygen atoms in total. The fraction of sp³-hybridized carbons (Fsp3) is 0.417. The van der Waals surface area contributed by atoms with Crippen molar-refractivity contribution in [3.05, 3.63) is 33.0 Å². The van der Waals surface area contributed by atoms with Crippen molar-refractivity contribution in [3.63, 3.8) is 0 Å². The molecule has 2 heterocycles. The van der Waals surface area contributed by atoms with Gasteiger partial charge in [0, 0.05) is 13.1 Å². The largest absolute Gasteiger partial charge is 0.351 e. The number of carbonyl (C=O) groups excluding carboxylic acids is 1. The van der Waals surface area contributed by atoms with Gasteiger partial charge in [0.25, 0.3) is 5.91 Å². The fourth-order valence-electron chi connectivity index (χ4n) is 1.77. The molecule has 17 heavy (non-hydrogen) atoms. The van der Waals surface area contributed by atoms with Crippen molar-refractivity contribution < 1.29 is 4.79 Å². The molecule has 0 bridgehead atoms. The van der Waals surface area contributed by atoms with Crippen molar-refractivity contribution in [2.24, 2.45) is 0 Å². The Kier molecular flexibility index (Phi) is 4.59.